The molecule has 1 aromatic rings. The number of aliphatic hydroxyl groups excluding tert-OH is 1. The van der Waals surface area contributed by atoms with Gasteiger partial charge in [0.2, 0.25) is 0 Å². The van der Waals surface area contributed by atoms with E-state index in [0.29, 0.717) is 11.0 Å². The first-order valence-electron chi connectivity index (χ1n) is 11.6. The molecule has 1 heterocycles. The zero-order valence-corrected chi connectivity index (χ0v) is 21.2. The highest BCUT2D eigenvalue weighted by molar-refractivity contribution is 6.23. The van der Waals surface area contributed by atoms with Crippen molar-refractivity contribution in [1.29, 1.82) is 5.26 Å². The summed E-state index contributed by atoms with van der Waals surface area (Å²) in [6, 6.07) is 3.06. The van der Waals surface area contributed by atoms with Gasteiger partial charge in [-0.3, -0.25) is 19.3 Å². The third-order valence-corrected chi connectivity index (χ3v) is 5.44. The van der Waals surface area contributed by atoms with E-state index in [9.17, 15) is 32.3 Å². The second-order valence-corrected chi connectivity index (χ2v) is 8.48. The molecule has 0 aromatic heterocycles. The Morgan fingerprint density at radius 3 is 2.33 bits per heavy atom. The molecule has 0 aliphatic carbocycles. The summed E-state index contributed by atoms with van der Waals surface area (Å²) in [6.07, 6.45) is -5.36. The van der Waals surface area contributed by atoms with E-state index < -0.39 is 46.7 Å². The van der Waals surface area contributed by atoms with Gasteiger partial charge in [-0.25, -0.2) is 9.69 Å². The van der Waals surface area contributed by atoms with Gasteiger partial charge in [0, 0.05) is 0 Å². The summed E-state index contributed by atoms with van der Waals surface area (Å²) < 4.78 is 54.7. The zero-order valence-electron chi connectivity index (χ0n) is 21.2. The van der Waals surface area contributed by atoms with Crippen molar-refractivity contribution in [2.24, 2.45) is 0 Å². The van der Waals surface area contributed by atoms with Gasteiger partial charge in [-0.05, 0) is 32.0 Å². The average Bonchev–Trinajstić information content (AvgIpc) is 3.04. The van der Waals surface area contributed by atoms with Gasteiger partial charge in [0.15, 0.2) is 6.61 Å². The number of halogens is 3. The summed E-state index contributed by atoms with van der Waals surface area (Å²) in [5, 5.41) is 17.5. The van der Waals surface area contributed by atoms with E-state index >= 15 is 0 Å². The SMILES string of the molecule is CC1(C)C(=O)N(c2ccc(C#N)c(C(F)(F)F)c2)C(=O)N1CC#CCOC(=O)CCC(=O)OCCOCCO. The number of imide groups is 1. The molecule has 1 aliphatic heterocycles. The highest BCUT2D eigenvalue weighted by atomic mass is 19.4. The van der Waals surface area contributed by atoms with Crippen LogP contribution in [0.4, 0.5) is 23.7 Å². The van der Waals surface area contributed by atoms with E-state index in [4.69, 9.17) is 24.6 Å². The number of nitriles is 1. The number of anilines is 1. The van der Waals surface area contributed by atoms with E-state index in [1.807, 2.05) is 0 Å². The molecule has 1 saturated heterocycles. The number of urea groups is 1. The van der Waals surface area contributed by atoms with Gasteiger partial charge in [0.25, 0.3) is 5.91 Å². The number of carbonyl (C=O) groups is 4. The number of esters is 2. The quantitative estimate of drug-likeness (QED) is 0.188. The first-order valence-corrected chi connectivity index (χ1v) is 11.6. The predicted molar refractivity (Wildman–Crippen MR) is 127 cm³/mol. The van der Waals surface area contributed by atoms with E-state index in [-0.39, 0.29) is 58.1 Å². The molecule has 0 atom stereocenters. The lowest BCUT2D eigenvalue weighted by Crippen LogP contribution is -2.44. The number of amides is 3. The molecule has 0 radical (unpaired) electrons. The predicted octanol–water partition coefficient (Wildman–Crippen LogP) is 2.00. The number of benzene rings is 1. The summed E-state index contributed by atoms with van der Waals surface area (Å²) in [5.41, 5.74) is -3.72. The molecular weight excluding hydrogens is 527 g/mol. The molecule has 0 unspecified atom stereocenters. The molecule has 210 valence electrons. The fourth-order valence-corrected chi connectivity index (χ4v) is 3.36. The van der Waals surface area contributed by atoms with Gasteiger partial charge in [-0.15, -0.1) is 0 Å². The molecule has 1 aliphatic rings. The molecule has 11 nitrogen and oxygen atoms in total. The topological polar surface area (TPSA) is 146 Å². The maximum atomic E-state index is 13.4. The minimum atomic E-state index is -4.87. The monoisotopic (exact) mass is 553 g/mol. The summed E-state index contributed by atoms with van der Waals surface area (Å²) >= 11 is 0. The van der Waals surface area contributed by atoms with Crippen LogP contribution < -0.4 is 4.90 Å². The molecule has 1 N–H and O–H groups in total. The molecule has 0 saturated carbocycles. The van der Waals surface area contributed by atoms with Crippen molar-refractivity contribution in [3.63, 3.8) is 0 Å². The highest BCUT2D eigenvalue weighted by Crippen LogP contribution is 2.37. The van der Waals surface area contributed by atoms with Crippen LogP contribution in [0.2, 0.25) is 0 Å². The van der Waals surface area contributed by atoms with Crippen molar-refractivity contribution in [1.82, 2.24) is 4.90 Å². The van der Waals surface area contributed by atoms with Crippen LogP contribution in [0.15, 0.2) is 18.2 Å². The van der Waals surface area contributed by atoms with Crippen LogP contribution in [0.1, 0.15) is 37.8 Å². The van der Waals surface area contributed by atoms with Crippen LogP contribution >= 0.6 is 0 Å². The first kappa shape index (κ1) is 31.1. The fraction of sp³-hybridized carbons (Fsp3) is 0.480. The van der Waals surface area contributed by atoms with Gasteiger partial charge < -0.3 is 19.3 Å². The first-order chi connectivity index (χ1) is 18.3. The minimum Gasteiger partial charge on any atom is -0.463 e. The molecule has 2 rings (SSSR count). The van der Waals surface area contributed by atoms with Gasteiger partial charge in [-0.2, -0.15) is 18.4 Å². The normalized spacial score (nSPS) is 14.5. The lowest BCUT2D eigenvalue weighted by molar-refractivity contribution is -0.150. The Kier molecular flexibility index (Phi) is 10.8. The van der Waals surface area contributed by atoms with Gasteiger partial charge in [0.05, 0.1) is 62.1 Å². The van der Waals surface area contributed by atoms with Crippen LogP contribution in [-0.4, -0.2) is 79.0 Å². The molecule has 1 fully saturated rings. The Morgan fingerprint density at radius 1 is 1.05 bits per heavy atom. The Hall–Kier alpha value is -4.14. The van der Waals surface area contributed by atoms with Crippen LogP contribution in [0.3, 0.4) is 0 Å². The Balaban J connectivity index is 1.93. The van der Waals surface area contributed by atoms with Crippen molar-refractivity contribution in [3.8, 4) is 17.9 Å². The summed E-state index contributed by atoms with van der Waals surface area (Å²) in [6.45, 7) is 2.18. The van der Waals surface area contributed by atoms with Crippen molar-refractivity contribution in [2.45, 2.75) is 38.4 Å². The summed E-state index contributed by atoms with van der Waals surface area (Å²) in [4.78, 5) is 50.8. The highest BCUT2D eigenvalue weighted by Gasteiger charge is 2.52. The van der Waals surface area contributed by atoms with Gasteiger partial charge in [0.1, 0.15) is 12.1 Å². The molecule has 0 bridgehead atoms. The van der Waals surface area contributed by atoms with Gasteiger partial charge >= 0.3 is 24.1 Å². The minimum absolute atomic E-state index is 0.0282. The van der Waals surface area contributed by atoms with Crippen molar-refractivity contribution < 1.29 is 51.7 Å². The molecule has 39 heavy (non-hydrogen) atoms. The number of carbonyl (C=O) groups excluding carboxylic acids is 4. The second-order valence-electron chi connectivity index (χ2n) is 8.48. The third-order valence-electron chi connectivity index (χ3n) is 5.44. The smallest absolute Gasteiger partial charge is 0.417 e. The van der Waals surface area contributed by atoms with Crippen molar-refractivity contribution in [2.75, 3.05) is 44.5 Å². The van der Waals surface area contributed by atoms with E-state index in [0.717, 1.165) is 17.0 Å². The zero-order chi connectivity index (χ0) is 29.2. The van der Waals surface area contributed by atoms with E-state index in [2.05, 4.69) is 11.8 Å². The fourth-order valence-electron chi connectivity index (χ4n) is 3.36. The van der Waals surface area contributed by atoms with Crippen LogP contribution in [0, 0.1) is 23.2 Å². The van der Waals surface area contributed by atoms with Crippen molar-refractivity contribution in [3.05, 3.63) is 29.3 Å². The van der Waals surface area contributed by atoms with Crippen LogP contribution in [0.5, 0.6) is 0 Å². The number of alkyl halides is 3. The number of hydrogen-bond acceptors (Lipinski definition) is 9. The maximum Gasteiger partial charge on any atom is 0.417 e. The van der Waals surface area contributed by atoms with Crippen LogP contribution in [-0.2, 0) is 34.8 Å². The Bertz CT molecular complexity index is 1200. The number of rotatable bonds is 11. The average molecular weight is 553 g/mol. The molecule has 0 spiro atoms. The maximum absolute atomic E-state index is 13.4. The third kappa shape index (κ3) is 8.17. The number of nitrogens with zero attached hydrogens (tertiary/aromatic N) is 3. The summed E-state index contributed by atoms with van der Waals surface area (Å²) in [7, 11) is 0. The largest absolute Gasteiger partial charge is 0.463 e. The number of aliphatic hydroxyl groups is 1. The molecule has 14 heteroatoms. The van der Waals surface area contributed by atoms with E-state index in [1.165, 1.54) is 19.9 Å². The summed E-state index contributed by atoms with van der Waals surface area (Å²) in [5.74, 6) is 2.93. The second kappa shape index (κ2) is 13.6. The van der Waals surface area contributed by atoms with E-state index in [1.54, 1.807) is 0 Å². The van der Waals surface area contributed by atoms with Gasteiger partial charge in [-0.1, -0.05) is 11.8 Å². The Labute approximate surface area is 222 Å². The molecular formula is C25H26F3N3O8. The van der Waals surface area contributed by atoms with Crippen molar-refractivity contribution >= 4 is 29.6 Å². The lowest BCUT2D eigenvalue weighted by atomic mass is 10.0. The number of ether oxygens (including phenoxy) is 3. The standard InChI is InChI=1S/C25H26F3N3O8/c1-24(2)22(35)31(18-6-5-17(16-29)19(15-18)25(26,27)28)23(36)30(24)9-3-4-11-38-20(33)7-8-21(34)39-14-13-37-12-10-32/h5-6,15,32H,7-14H2,1-2H3. The lowest BCUT2D eigenvalue weighted by Gasteiger charge is -2.25. The Morgan fingerprint density at radius 2 is 1.72 bits per heavy atom. The number of hydrogen-bond donors (Lipinski definition) is 1. The molecule has 3 amide bonds. The van der Waals surface area contributed by atoms with Crippen LogP contribution in [0.25, 0.3) is 0 Å². The molecule has 1 aromatic carbocycles.